The molecule has 7 heteroatoms. The van der Waals surface area contributed by atoms with Gasteiger partial charge in [0.1, 0.15) is 0 Å². The molecular weight excluding hydrogens is 463 g/mol. The summed E-state index contributed by atoms with van der Waals surface area (Å²) in [6.45, 7) is 9.95. The Morgan fingerprint density at radius 3 is 2.42 bits per heavy atom. The number of benzene rings is 1. The maximum Gasteiger partial charge on any atom is 0.191 e. The predicted molar refractivity (Wildman–Crippen MR) is 121 cm³/mol. The van der Waals surface area contributed by atoms with E-state index in [-0.39, 0.29) is 24.0 Å². The molecule has 0 aromatic heterocycles. The van der Waals surface area contributed by atoms with Crippen molar-refractivity contribution >= 4 is 41.5 Å². The Kier molecular flexibility index (Phi) is 11.5. The molecule has 0 spiro atoms. The highest BCUT2D eigenvalue weighted by molar-refractivity contribution is 14.0. The normalized spacial score (nSPS) is 16.9. The van der Waals surface area contributed by atoms with Crippen molar-refractivity contribution in [1.82, 2.24) is 15.5 Å². The van der Waals surface area contributed by atoms with Crippen LogP contribution in [0.25, 0.3) is 0 Å². The van der Waals surface area contributed by atoms with Gasteiger partial charge in [0, 0.05) is 44.3 Å². The summed E-state index contributed by atoms with van der Waals surface area (Å²) in [5.41, 5.74) is 1.26. The van der Waals surface area contributed by atoms with Gasteiger partial charge in [-0.3, -0.25) is 9.89 Å². The Bertz CT molecular complexity index is 533. The second-order valence-corrected chi connectivity index (χ2v) is 7.15. The lowest BCUT2D eigenvalue weighted by Gasteiger charge is -2.37. The quantitative estimate of drug-likeness (QED) is 0.348. The van der Waals surface area contributed by atoms with Gasteiger partial charge >= 0.3 is 0 Å². The Morgan fingerprint density at radius 1 is 1.19 bits per heavy atom. The van der Waals surface area contributed by atoms with Gasteiger partial charge < -0.3 is 15.4 Å². The molecule has 1 atom stereocenters. The molecule has 1 unspecified atom stereocenters. The van der Waals surface area contributed by atoms with Crippen molar-refractivity contribution in [2.75, 3.05) is 46.4 Å². The van der Waals surface area contributed by atoms with E-state index in [1.54, 1.807) is 0 Å². The first-order chi connectivity index (χ1) is 12.1. The third-order valence-electron chi connectivity index (χ3n) is 4.61. The van der Waals surface area contributed by atoms with Gasteiger partial charge in [-0.25, -0.2) is 0 Å². The first-order valence-corrected chi connectivity index (χ1v) is 9.48. The fourth-order valence-corrected chi connectivity index (χ4v) is 3.22. The third kappa shape index (κ3) is 7.98. The fourth-order valence-electron chi connectivity index (χ4n) is 3.09. The first-order valence-electron chi connectivity index (χ1n) is 9.11. The summed E-state index contributed by atoms with van der Waals surface area (Å²) in [7, 11) is 1.82. The third-order valence-corrected chi connectivity index (χ3v) is 4.86. The highest BCUT2D eigenvalue weighted by atomic mass is 127. The van der Waals surface area contributed by atoms with Crippen molar-refractivity contribution in [3.8, 4) is 0 Å². The van der Waals surface area contributed by atoms with Gasteiger partial charge in [0.15, 0.2) is 5.96 Å². The van der Waals surface area contributed by atoms with Crippen LogP contribution in [-0.4, -0.2) is 63.3 Å². The number of aliphatic imine (C=N–C) groups is 1. The summed E-state index contributed by atoms with van der Waals surface area (Å²) < 4.78 is 5.47. The van der Waals surface area contributed by atoms with Crippen molar-refractivity contribution in [2.45, 2.75) is 26.3 Å². The second kappa shape index (κ2) is 12.8. The van der Waals surface area contributed by atoms with E-state index in [4.69, 9.17) is 16.3 Å². The van der Waals surface area contributed by atoms with Crippen LogP contribution in [0.5, 0.6) is 0 Å². The van der Waals surface area contributed by atoms with Crippen LogP contribution in [0, 0.1) is 5.92 Å². The molecule has 1 heterocycles. The van der Waals surface area contributed by atoms with E-state index in [0.29, 0.717) is 12.0 Å². The van der Waals surface area contributed by atoms with Crippen LogP contribution in [0.1, 0.15) is 19.4 Å². The van der Waals surface area contributed by atoms with Crippen LogP contribution in [0.15, 0.2) is 29.3 Å². The zero-order valence-corrected chi connectivity index (χ0v) is 19.1. The van der Waals surface area contributed by atoms with Gasteiger partial charge in [-0.15, -0.1) is 24.0 Å². The lowest BCUT2D eigenvalue weighted by atomic mass is 10.0. The second-order valence-electron chi connectivity index (χ2n) is 6.72. The number of halogens is 2. The monoisotopic (exact) mass is 494 g/mol. The maximum absolute atomic E-state index is 5.92. The minimum Gasteiger partial charge on any atom is -0.379 e. The van der Waals surface area contributed by atoms with Crippen LogP contribution >= 0.6 is 35.6 Å². The van der Waals surface area contributed by atoms with Gasteiger partial charge in [0.2, 0.25) is 0 Å². The standard InChI is InChI=1S/C19H31ClN4O.HI/c1-15(2)18(24-10-12-25-13-11-24)14-23-19(21-3)22-9-8-16-4-6-17(20)7-5-16;/h4-7,15,18H,8-14H2,1-3H3,(H2,21,22,23);1H. The number of morpholine rings is 1. The van der Waals surface area contributed by atoms with E-state index < -0.39 is 0 Å². The summed E-state index contributed by atoms with van der Waals surface area (Å²) in [6.07, 6.45) is 0.939. The average Bonchev–Trinajstić information content (AvgIpc) is 2.62. The van der Waals surface area contributed by atoms with Gasteiger partial charge in [-0.1, -0.05) is 37.6 Å². The molecule has 1 fully saturated rings. The molecule has 0 bridgehead atoms. The topological polar surface area (TPSA) is 48.9 Å². The molecule has 148 valence electrons. The van der Waals surface area contributed by atoms with Crippen LogP contribution in [0.3, 0.4) is 0 Å². The molecule has 2 rings (SSSR count). The Morgan fingerprint density at radius 2 is 1.85 bits per heavy atom. The number of nitrogens with zero attached hydrogens (tertiary/aromatic N) is 2. The summed E-state index contributed by atoms with van der Waals surface area (Å²) in [5, 5.41) is 7.65. The molecule has 5 nitrogen and oxygen atoms in total. The Balaban J connectivity index is 0.00000338. The zero-order valence-electron chi connectivity index (χ0n) is 16.0. The van der Waals surface area contributed by atoms with Crippen molar-refractivity contribution in [1.29, 1.82) is 0 Å². The summed E-state index contributed by atoms with van der Waals surface area (Å²) in [4.78, 5) is 6.86. The highest BCUT2D eigenvalue weighted by Gasteiger charge is 2.23. The van der Waals surface area contributed by atoms with Crippen molar-refractivity contribution in [2.24, 2.45) is 10.9 Å². The minimum atomic E-state index is 0. The SMILES string of the molecule is CN=C(NCCc1ccc(Cl)cc1)NCC(C(C)C)N1CCOCC1.I. The van der Waals surface area contributed by atoms with Gasteiger partial charge in [-0.2, -0.15) is 0 Å². The molecule has 0 aliphatic carbocycles. The molecular formula is C19H32ClIN4O. The van der Waals surface area contributed by atoms with E-state index in [0.717, 1.165) is 56.8 Å². The van der Waals surface area contributed by atoms with Gasteiger partial charge in [0.25, 0.3) is 0 Å². The van der Waals surface area contributed by atoms with Crippen molar-refractivity contribution < 1.29 is 4.74 Å². The molecule has 26 heavy (non-hydrogen) atoms. The zero-order chi connectivity index (χ0) is 18.1. The summed E-state index contributed by atoms with van der Waals surface area (Å²) in [5.74, 6) is 1.44. The first kappa shape index (κ1) is 23.5. The molecule has 0 saturated carbocycles. The molecule has 1 saturated heterocycles. The molecule has 1 aromatic carbocycles. The van der Waals surface area contributed by atoms with Crippen LogP contribution in [-0.2, 0) is 11.2 Å². The van der Waals surface area contributed by atoms with Crippen LogP contribution in [0.2, 0.25) is 5.02 Å². The van der Waals surface area contributed by atoms with E-state index in [2.05, 4.69) is 46.5 Å². The molecule has 1 aliphatic heterocycles. The van der Waals surface area contributed by atoms with Gasteiger partial charge in [0.05, 0.1) is 13.2 Å². The smallest absolute Gasteiger partial charge is 0.191 e. The summed E-state index contributed by atoms with van der Waals surface area (Å²) >= 11 is 5.92. The largest absolute Gasteiger partial charge is 0.379 e. The maximum atomic E-state index is 5.92. The van der Waals surface area contributed by atoms with E-state index in [1.165, 1.54) is 5.56 Å². The number of hydrogen-bond acceptors (Lipinski definition) is 3. The average molecular weight is 495 g/mol. The predicted octanol–water partition coefficient (Wildman–Crippen LogP) is 3.02. The van der Waals surface area contributed by atoms with E-state index in [9.17, 15) is 0 Å². The van der Waals surface area contributed by atoms with E-state index >= 15 is 0 Å². The number of rotatable bonds is 7. The molecule has 1 aliphatic rings. The number of hydrogen-bond donors (Lipinski definition) is 2. The van der Waals surface area contributed by atoms with Crippen molar-refractivity contribution in [3.63, 3.8) is 0 Å². The molecule has 1 aromatic rings. The number of nitrogens with one attached hydrogen (secondary N) is 2. The lowest BCUT2D eigenvalue weighted by molar-refractivity contribution is 0.00752. The number of guanidine groups is 1. The van der Waals surface area contributed by atoms with E-state index in [1.807, 2.05) is 19.2 Å². The van der Waals surface area contributed by atoms with Gasteiger partial charge in [-0.05, 0) is 30.0 Å². The molecule has 0 radical (unpaired) electrons. The minimum absolute atomic E-state index is 0. The lowest BCUT2D eigenvalue weighted by Crippen LogP contribution is -2.52. The van der Waals surface area contributed by atoms with Crippen LogP contribution in [0.4, 0.5) is 0 Å². The molecule has 0 amide bonds. The fraction of sp³-hybridized carbons (Fsp3) is 0.632. The number of ether oxygens (including phenoxy) is 1. The highest BCUT2D eigenvalue weighted by Crippen LogP contribution is 2.12. The Labute approximate surface area is 179 Å². The summed E-state index contributed by atoms with van der Waals surface area (Å²) in [6, 6.07) is 8.47. The molecule has 2 N–H and O–H groups in total. The van der Waals surface area contributed by atoms with Crippen LogP contribution < -0.4 is 10.6 Å². The van der Waals surface area contributed by atoms with Crippen molar-refractivity contribution in [3.05, 3.63) is 34.9 Å². The Hall–Kier alpha value is -0.570.